The Morgan fingerprint density at radius 3 is 2.45 bits per heavy atom. The van der Waals surface area contributed by atoms with Gasteiger partial charge in [-0.2, -0.15) is 8.78 Å². The Bertz CT molecular complexity index is 536. The summed E-state index contributed by atoms with van der Waals surface area (Å²) in [5.41, 5.74) is -0.745. The summed E-state index contributed by atoms with van der Waals surface area (Å²) >= 11 is 5.59. The SMILES string of the molecule is COC(=O)c1ccc(Cl)cc1NC(=O)C(F)(F)C(F)F. The monoisotopic (exact) mass is 313 g/mol. The topological polar surface area (TPSA) is 55.4 Å². The van der Waals surface area contributed by atoms with Crippen molar-refractivity contribution in [3.63, 3.8) is 0 Å². The van der Waals surface area contributed by atoms with Crippen molar-refractivity contribution in [3.05, 3.63) is 28.8 Å². The number of esters is 1. The minimum Gasteiger partial charge on any atom is -0.465 e. The highest BCUT2D eigenvalue weighted by Crippen LogP contribution is 2.27. The molecule has 9 heteroatoms. The van der Waals surface area contributed by atoms with Crippen LogP contribution in [0.25, 0.3) is 0 Å². The van der Waals surface area contributed by atoms with Gasteiger partial charge in [0.1, 0.15) is 0 Å². The normalized spacial score (nSPS) is 11.3. The molecule has 110 valence electrons. The number of methoxy groups -OCH3 is 1. The standard InChI is InChI=1S/C11H8ClF4NO3/c1-20-8(18)6-3-2-5(12)4-7(6)17-10(19)11(15,16)9(13)14/h2-4,9H,1H3,(H,17,19). The summed E-state index contributed by atoms with van der Waals surface area (Å²) in [6, 6.07) is 3.31. The first kappa shape index (κ1) is 16.2. The number of amides is 1. The molecule has 0 fully saturated rings. The minimum atomic E-state index is -4.89. The number of carbonyl (C=O) groups excluding carboxylic acids is 2. The quantitative estimate of drug-likeness (QED) is 0.687. The first-order valence-corrected chi connectivity index (χ1v) is 5.43. The number of ether oxygens (including phenoxy) is 1. The number of carbonyl (C=O) groups is 2. The zero-order chi connectivity index (χ0) is 15.5. The Kier molecular flexibility index (Phi) is 4.93. The number of alkyl halides is 4. The molecular formula is C11H8ClF4NO3. The lowest BCUT2D eigenvalue weighted by Crippen LogP contribution is -2.41. The van der Waals surface area contributed by atoms with Crippen LogP contribution in [0.15, 0.2) is 18.2 Å². The summed E-state index contributed by atoms with van der Waals surface area (Å²) < 4.78 is 54.1. The van der Waals surface area contributed by atoms with E-state index in [-0.39, 0.29) is 10.6 Å². The lowest BCUT2D eigenvalue weighted by molar-refractivity contribution is -0.163. The lowest BCUT2D eigenvalue weighted by atomic mass is 10.1. The average molecular weight is 314 g/mol. The summed E-state index contributed by atoms with van der Waals surface area (Å²) in [6.45, 7) is 0. The average Bonchev–Trinajstić information content (AvgIpc) is 2.37. The van der Waals surface area contributed by atoms with Crippen LogP contribution in [0.2, 0.25) is 5.02 Å². The van der Waals surface area contributed by atoms with Crippen LogP contribution in [0.5, 0.6) is 0 Å². The summed E-state index contributed by atoms with van der Waals surface area (Å²) in [4.78, 5) is 22.5. The molecule has 0 spiro atoms. The number of hydrogen-bond donors (Lipinski definition) is 1. The molecule has 0 radical (unpaired) electrons. The fraction of sp³-hybridized carbons (Fsp3) is 0.273. The molecule has 1 rings (SSSR count). The molecule has 4 nitrogen and oxygen atoms in total. The van der Waals surface area contributed by atoms with Gasteiger partial charge < -0.3 is 10.1 Å². The molecule has 0 atom stereocenters. The largest absolute Gasteiger partial charge is 0.465 e. The third-order valence-electron chi connectivity index (χ3n) is 2.21. The maximum atomic E-state index is 12.8. The van der Waals surface area contributed by atoms with E-state index in [1.165, 1.54) is 11.4 Å². The molecule has 0 aliphatic heterocycles. The Morgan fingerprint density at radius 1 is 1.35 bits per heavy atom. The molecule has 1 N–H and O–H groups in total. The molecule has 0 aromatic heterocycles. The smallest absolute Gasteiger partial charge is 0.383 e. The van der Waals surface area contributed by atoms with E-state index in [1.807, 2.05) is 0 Å². The van der Waals surface area contributed by atoms with E-state index in [2.05, 4.69) is 4.74 Å². The molecule has 0 aliphatic carbocycles. The molecule has 0 saturated heterocycles. The van der Waals surface area contributed by atoms with E-state index < -0.39 is 29.9 Å². The predicted molar refractivity (Wildman–Crippen MR) is 62.4 cm³/mol. The number of anilines is 1. The van der Waals surface area contributed by atoms with Crippen LogP contribution in [-0.4, -0.2) is 31.3 Å². The van der Waals surface area contributed by atoms with Gasteiger partial charge in [0.15, 0.2) is 0 Å². The zero-order valence-electron chi connectivity index (χ0n) is 9.92. The van der Waals surface area contributed by atoms with E-state index in [4.69, 9.17) is 11.6 Å². The van der Waals surface area contributed by atoms with Crippen LogP contribution in [-0.2, 0) is 9.53 Å². The van der Waals surface area contributed by atoms with Crippen molar-refractivity contribution in [2.45, 2.75) is 12.3 Å². The highest BCUT2D eigenvalue weighted by molar-refractivity contribution is 6.31. The van der Waals surface area contributed by atoms with E-state index >= 15 is 0 Å². The molecule has 0 aliphatic rings. The van der Waals surface area contributed by atoms with Gasteiger partial charge in [-0.1, -0.05) is 11.6 Å². The van der Waals surface area contributed by atoms with Gasteiger partial charge in [-0.25, -0.2) is 13.6 Å². The van der Waals surface area contributed by atoms with Crippen LogP contribution in [0, 0.1) is 0 Å². The second kappa shape index (κ2) is 6.08. The summed E-state index contributed by atoms with van der Waals surface area (Å²) in [5, 5.41) is 1.54. The second-order valence-electron chi connectivity index (χ2n) is 3.56. The first-order valence-electron chi connectivity index (χ1n) is 5.05. The van der Waals surface area contributed by atoms with Crippen molar-refractivity contribution >= 4 is 29.2 Å². The van der Waals surface area contributed by atoms with Crippen LogP contribution >= 0.6 is 11.6 Å². The van der Waals surface area contributed by atoms with Crippen LogP contribution in [0.1, 0.15) is 10.4 Å². The molecule has 0 bridgehead atoms. The maximum absolute atomic E-state index is 12.8. The van der Waals surface area contributed by atoms with E-state index in [0.717, 1.165) is 19.2 Å². The fourth-order valence-electron chi connectivity index (χ4n) is 1.21. The van der Waals surface area contributed by atoms with Gasteiger partial charge in [0.2, 0.25) is 0 Å². The fourth-order valence-corrected chi connectivity index (χ4v) is 1.38. The Hall–Kier alpha value is -1.83. The van der Waals surface area contributed by atoms with Gasteiger partial charge in [0.25, 0.3) is 0 Å². The molecule has 0 heterocycles. The van der Waals surface area contributed by atoms with Gasteiger partial charge >= 0.3 is 24.2 Å². The number of hydrogen-bond acceptors (Lipinski definition) is 3. The highest BCUT2D eigenvalue weighted by Gasteiger charge is 2.49. The van der Waals surface area contributed by atoms with Crippen molar-refractivity contribution in [1.29, 1.82) is 0 Å². The number of nitrogens with one attached hydrogen (secondary N) is 1. The van der Waals surface area contributed by atoms with Gasteiger partial charge in [-0.05, 0) is 18.2 Å². The highest BCUT2D eigenvalue weighted by atomic mass is 35.5. The van der Waals surface area contributed by atoms with Crippen molar-refractivity contribution in [2.75, 3.05) is 12.4 Å². The van der Waals surface area contributed by atoms with Gasteiger partial charge in [0.05, 0.1) is 18.4 Å². The van der Waals surface area contributed by atoms with Crippen molar-refractivity contribution in [1.82, 2.24) is 0 Å². The molecule has 1 aromatic carbocycles. The second-order valence-corrected chi connectivity index (χ2v) is 4.00. The maximum Gasteiger partial charge on any atom is 0.383 e. The van der Waals surface area contributed by atoms with E-state index in [0.29, 0.717) is 0 Å². The van der Waals surface area contributed by atoms with Crippen molar-refractivity contribution in [2.24, 2.45) is 0 Å². The summed E-state index contributed by atoms with van der Waals surface area (Å²) in [7, 11) is 1.02. The molecule has 1 amide bonds. The minimum absolute atomic E-state index is 0.00770. The van der Waals surface area contributed by atoms with Crippen LogP contribution in [0.4, 0.5) is 23.2 Å². The number of halogens is 5. The van der Waals surface area contributed by atoms with Crippen molar-refractivity contribution < 1.29 is 31.9 Å². The van der Waals surface area contributed by atoms with E-state index in [9.17, 15) is 27.2 Å². The molecular weight excluding hydrogens is 306 g/mol. The number of rotatable bonds is 4. The Morgan fingerprint density at radius 2 is 1.95 bits per heavy atom. The number of benzene rings is 1. The summed E-state index contributed by atoms with van der Waals surface area (Å²) in [5.74, 6) is -8.09. The lowest BCUT2D eigenvalue weighted by Gasteiger charge is -2.16. The molecule has 0 saturated carbocycles. The third-order valence-corrected chi connectivity index (χ3v) is 2.45. The molecule has 0 unspecified atom stereocenters. The van der Waals surface area contributed by atoms with Crippen LogP contribution in [0.3, 0.4) is 0 Å². The van der Waals surface area contributed by atoms with Gasteiger partial charge in [-0.15, -0.1) is 0 Å². The zero-order valence-corrected chi connectivity index (χ0v) is 10.7. The third kappa shape index (κ3) is 3.38. The van der Waals surface area contributed by atoms with E-state index in [1.54, 1.807) is 0 Å². The molecule has 1 aromatic rings. The van der Waals surface area contributed by atoms with Crippen LogP contribution < -0.4 is 5.32 Å². The molecule has 20 heavy (non-hydrogen) atoms. The summed E-state index contributed by atoms with van der Waals surface area (Å²) in [6.07, 6.45) is -4.18. The first-order chi connectivity index (χ1) is 9.20. The van der Waals surface area contributed by atoms with Gasteiger partial charge in [0, 0.05) is 5.02 Å². The predicted octanol–water partition coefficient (Wildman–Crippen LogP) is 2.97. The van der Waals surface area contributed by atoms with Gasteiger partial charge in [-0.3, -0.25) is 4.79 Å². The Balaban J connectivity index is 3.11. The Labute approximate surface area is 115 Å². The van der Waals surface area contributed by atoms with Crippen molar-refractivity contribution in [3.8, 4) is 0 Å².